The van der Waals surface area contributed by atoms with Gasteiger partial charge in [0.05, 0.1) is 5.56 Å². The van der Waals surface area contributed by atoms with E-state index in [1.54, 1.807) is 29.4 Å². The molecular weight excluding hydrogens is 268 g/mol. The van der Waals surface area contributed by atoms with Crippen LogP contribution in [-0.2, 0) is 0 Å². The fourth-order valence-electron chi connectivity index (χ4n) is 2.56. The van der Waals surface area contributed by atoms with E-state index in [9.17, 15) is 4.79 Å². The second-order valence-electron chi connectivity index (χ2n) is 5.29. The van der Waals surface area contributed by atoms with Crippen LogP contribution >= 0.6 is 0 Å². The van der Waals surface area contributed by atoms with Crippen LogP contribution in [-0.4, -0.2) is 50.1 Å². The summed E-state index contributed by atoms with van der Waals surface area (Å²) in [7, 11) is 0. The molecule has 1 fully saturated rings. The summed E-state index contributed by atoms with van der Waals surface area (Å²) < 4.78 is 1.79. The predicted octanol–water partition coefficient (Wildman–Crippen LogP) is 1.11. The van der Waals surface area contributed by atoms with Crippen LogP contribution in [0.2, 0.25) is 0 Å². The third kappa shape index (κ3) is 2.95. The SMILES string of the molecule is O=C(c1ccc(-n2ccnc2)nc1)N1CCC(CO)CC1. The van der Waals surface area contributed by atoms with Gasteiger partial charge in [0.1, 0.15) is 12.1 Å². The second kappa shape index (κ2) is 6.05. The van der Waals surface area contributed by atoms with Crippen molar-refractivity contribution < 1.29 is 9.90 Å². The highest BCUT2D eigenvalue weighted by atomic mass is 16.3. The number of aromatic nitrogens is 3. The van der Waals surface area contributed by atoms with Gasteiger partial charge in [-0.3, -0.25) is 9.36 Å². The van der Waals surface area contributed by atoms with Gasteiger partial charge in [-0.1, -0.05) is 0 Å². The van der Waals surface area contributed by atoms with E-state index in [1.807, 2.05) is 17.2 Å². The molecule has 6 heteroatoms. The summed E-state index contributed by atoms with van der Waals surface area (Å²) in [5, 5.41) is 9.13. The van der Waals surface area contributed by atoms with Crippen LogP contribution in [0, 0.1) is 5.92 Å². The Kier molecular flexibility index (Phi) is 3.96. The molecule has 110 valence electrons. The van der Waals surface area contributed by atoms with Crippen molar-refractivity contribution in [2.24, 2.45) is 5.92 Å². The highest BCUT2D eigenvalue weighted by molar-refractivity contribution is 5.94. The fraction of sp³-hybridized carbons (Fsp3) is 0.400. The number of likely N-dealkylation sites (tertiary alicyclic amines) is 1. The average molecular weight is 286 g/mol. The molecule has 1 saturated heterocycles. The van der Waals surface area contributed by atoms with Crippen molar-refractivity contribution in [2.75, 3.05) is 19.7 Å². The predicted molar refractivity (Wildman–Crippen MR) is 77.1 cm³/mol. The average Bonchev–Trinajstić information content (AvgIpc) is 3.09. The summed E-state index contributed by atoms with van der Waals surface area (Å²) in [6.45, 7) is 1.61. The maximum absolute atomic E-state index is 12.4. The lowest BCUT2D eigenvalue weighted by Crippen LogP contribution is -2.39. The van der Waals surface area contributed by atoms with Crippen LogP contribution < -0.4 is 0 Å². The van der Waals surface area contributed by atoms with Gasteiger partial charge in [-0.05, 0) is 30.9 Å². The van der Waals surface area contributed by atoms with E-state index >= 15 is 0 Å². The molecular formula is C15H18N4O2. The Balaban J connectivity index is 1.68. The van der Waals surface area contributed by atoms with Crippen molar-refractivity contribution in [1.29, 1.82) is 0 Å². The summed E-state index contributed by atoms with van der Waals surface area (Å²) >= 11 is 0. The first kappa shape index (κ1) is 13.8. The van der Waals surface area contributed by atoms with E-state index in [4.69, 9.17) is 5.11 Å². The number of carbonyl (C=O) groups excluding carboxylic acids is 1. The maximum Gasteiger partial charge on any atom is 0.255 e. The van der Waals surface area contributed by atoms with Crippen LogP contribution in [0.4, 0.5) is 0 Å². The normalized spacial score (nSPS) is 16.1. The number of piperidine rings is 1. The molecule has 1 aliphatic heterocycles. The van der Waals surface area contributed by atoms with Crippen LogP contribution in [0.25, 0.3) is 5.82 Å². The minimum absolute atomic E-state index is 0.0103. The molecule has 1 aliphatic rings. The minimum Gasteiger partial charge on any atom is -0.396 e. The highest BCUT2D eigenvalue weighted by Gasteiger charge is 2.23. The molecule has 2 aromatic rings. The smallest absolute Gasteiger partial charge is 0.255 e. The number of amides is 1. The topological polar surface area (TPSA) is 71.2 Å². The van der Waals surface area contributed by atoms with Gasteiger partial charge >= 0.3 is 0 Å². The number of imidazole rings is 1. The van der Waals surface area contributed by atoms with Gasteiger partial charge in [0.2, 0.25) is 0 Å². The number of aliphatic hydroxyl groups excluding tert-OH is 1. The molecule has 3 rings (SSSR count). The number of nitrogens with zero attached hydrogens (tertiary/aromatic N) is 4. The quantitative estimate of drug-likeness (QED) is 0.917. The van der Waals surface area contributed by atoms with Crippen molar-refractivity contribution >= 4 is 5.91 Å². The largest absolute Gasteiger partial charge is 0.396 e. The summed E-state index contributed by atoms with van der Waals surface area (Å²) in [4.78, 5) is 22.5. The highest BCUT2D eigenvalue weighted by Crippen LogP contribution is 2.18. The Bertz CT molecular complexity index is 587. The van der Waals surface area contributed by atoms with Gasteiger partial charge in [0.25, 0.3) is 5.91 Å². The molecule has 6 nitrogen and oxygen atoms in total. The Morgan fingerprint density at radius 3 is 2.71 bits per heavy atom. The molecule has 0 saturated carbocycles. The van der Waals surface area contributed by atoms with Gasteiger partial charge in [0.15, 0.2) is 0 Å². The van der Waals surface area contributed by atoms with Crippen LogP contribution in [0.3, 0.4) is 0 Å². The number of hydrogen-bond acceptors (Lipinski definition) is 4. The van der Waals surface area contributed by atoms with Gasteiger partial charge in [-0.25, -0.2) is 9.97 Å². The number of hydrogen-bond donors (Lipinski definition) is 1. The first-order valence-corrected chi connectivity index (χ1v) is 7.12. The first-order chi connectivity index (χ1) is 10.3. The van der Waals surface area contributed by atoms with Crippen molar-refractivity contribution in [3.8, 4) is 5.82 Å². The zero-order chi connectivity index (χ0) is 14.7. The van der Waals surface area contributed by atoms with Gasteiger partial charge in [0, 0.05) is 38.3 Å². The maximum atomic E-state index is 12.4. The monoisotopic (exact) mass is 286 g/mol. The molecule has 0 unspecified atom stereocenters. The van der Waals surface area contributed by atoms with E-state index < -0.39 is 0 Å². The second-order valence-corrected chi connectivity index (χ2v) is 5.29. The number of pyridine rings is 1. The number of carbonyl (C=O) groups is 1. The summed E-state index contributed by atoms with van der Waals surface area (Å²) in [6, 6.07) is 3.61. The summed E-state index contributed by atoms with van der Waals surface area (Å²) in [6.07, 6.45) is 8.50. The summed E-state index contributed by atoms with van der Waals surface area (Å²) in [5.74, 6) is 1.08. The number of rotatable bonds is 3. The molecule has 0 bridgehead atoms. The molecule has 0 aromatic carbocycles. The third-order valence-corrected chi connectivity index (χ3v) is 3.92. The Hall–Kier alpha value is -2.21. The summed E-state index contributed by atoms with van der Waals surface area (Å²) in [5.41, 5.74) is 0.598. The first-order valence-electron chi connectivity index (χ1n) is 7.12. The lowest BCUT2D eigenvalue weighted by molar-refractivity contribution is 0.0650. The molecule has 0 radical (unpaired) electrons. The Morgan fingerprint density at radius 1 is 1.33 bits per heavy atom. The van der Waals surface area contributed by atoms with E-state index in [0.717, 1.165) is 18.7 Å². The molecule has 0 aliphatic carbocycles. The van der Waals surface area contributed by atoms with Gasteiger partial charge in [-0.2, -0.15) is 0 Å². The van der Waals surface area contributed by atoms with E-state index in [-0.39, 0.29) is 12.5 Å². The van der Waals surface area contributed by atoms with E-state index in [2.05, 4.69) is 9.97 Å². The van der Waals surface area contributed by atoms with Crippen molar-refractivity contribution in [1.82, 2.24) is 19.4 Å². The molecule has 0 atom stereocenters. The standard InChI is InChI=1S/C15H18N4O2/c20-10-12-3-6-18(7-4-12)15(21)13-1-2-14(17-9-13)19-8-5-16-11-19/h1-2,5,8-9,11-12,20H,3-4,6-7,10H2. The molecule has 1 N–H and O–H groups in total. The minimum atomic E-state index is 0.0103. The molecule has 1 amide bonds. The lowest BCUT2D eigenvalue weighted by Gasteiger charge is -2.31. The van der Waals surface area contributed by atoms with E-state index in [0.29, 0.717) is 24.6 Å². The van der Waals surface area contributed by atoms with E-state index in [1.165, 1.54) is 0 Å². The number of aliphatic hydroxyl groups is 1. The Labute approximate surface area is 123 Å². The molecule has 3 heterocycles. The van der Waals surface area contributed by atoms with Crippen LogP contribution in [0.15, 0.2) is 37.1 Å². The molecule has 2 aromatic heterocycles. The van der Waals surface area contributed by atoms with Crippen molar-refractivity contribution in [3.63, 3.8) is 0 Å². The lowest BCUT2D eigenvalue weighted by atomic mass is 9.97. The van der Waals surface area contributed by atoms with Crippen LogP contribution in [0.1, 0.15) is 23.2 Å². The van der Waals surface area contributed by atoms with Crippen molar-refractivity contribution in [2.45, 2.75) is 12.8 Å². The molecule has 0 spiro atoms. The van der Waals surface area contributed by atoms with Crippen molar-refractivity contribution in [3.05, 3.63) is 42.6 Å². The zero-order valence-corrected chi connectivity index (χ0v) is 11.7. The molecule has 21 heavy (non-hydrogen) atoms. The Morgan fingerprint density at radius 2 is 2.14 bits per heavy atom. The third-order valence-electron chi connectivity index (χ3n) is 3.92. The van der Waals surface area contributed by atoms with Crippen LogP contribution in [0.5, 0.6) is 0 Å². The van der Waals surface area contributed by atoms with Gasteiger partial charge < -0.3 is 10.0 Å². The van der Waals surface area contributed by atoms with Gasteiger partial charge in [-0.15, -0.1) is 0 Å². The zero-order valence-electron chi connectivity index (χ0n) is 11.7. The fourth-order valence-corrected chi connectivity index (χ4v) is 2.56.